The van der Waals surface area contributed by atoms with Gasteiger partial charge in [-0.05, 0) is 0 Å². The Morgan fingerprint density at radius 1 is 1.30 bits per heavy atom. The maximum atomic E-state index is 10.9. The van der Waals surface area contributed by atoms with Gasteiger partial charge in [-0.1, -0.05) is 0 Å². The normalized spacial score (nSPS) is 20.3. The summed E-state index contributed by atoms with van der Waals surface area (Å²) in [5.41, 5.74) is 0. The van der Waals surface area contributed by atoms with Crippen molar-refractivity contribution < 1.29 is 28.9 Å². The molecule has 2 nitrogen and oxygen atoms in total. The van der Waals surface area contributed by atoms with Gasteiger partial charge in [0.15, 0.2) is 0 Å². The van der Waals surface area contributed by atoms with E-state index in [2.05, 4.69) is 3.32 Å². The zero-order valence-electron chi connectivity index (χ0n) is 5.93. The molecule has 0 aromatic carbocycles. The Morgan fingerprint density at radius 3 is 2.40 bits per heavy atom. The molecule has 0 spiro atoms. The van der Waals surface area contributed by atoms with Crippen molar-refractivity contribution in [2.24, 2.45) is 5.92 Å². The molecule has 0 amide bonds. The fraction of sp³-hybridized carbons (Fsp3) is 0.857. The van der Waals surface area contributed by atoms with Crippen LogP contribution in [0.5, 0.6) is 0 Å². The zero-order valence-corrected chi connectivity index (χ0v) is 7.49. The van der Waals surface area contributed by atoms with Crippen LogP contribution in [0.2, 0.25) is 0 Å². The minimum atomic E-state index is -0.0142. The fourth-order valence-electron chi connectivity index (χ4n) is 1.42. The van der Waals surface area contributed by atoms with E-state index in [0.29, 0.717) is 0 Å². The SMILES string of the molecule is O=C([O][Ti])C1CCCCC1. The summed E-state index contributed by atoms with van der Waals surface area (Å²) in [5, 5.41) is 0. The van der Waals surface area contributed by atoms with Crippen molar-refractivity contribution in [3.05, 3.63) is 0 Å². The van der Waals surface area contributed by atoms with Crippen LogP contribution in [0.15, 0.2) is 0 Å². The first kappa shape index (κ1) is 8.28. The molecule has 0 heterocycles. The van der Waals surface area contributed by atoms with Crippen LogP contribution < -0.4 is 0 Å². The molecule has 1 saturated carbocycles. The Bertz CT molecular complexity index is 119. The first-order valence-electron chi connectivity index (χ1n) is 3.72. The molecule has 1 aliphatic carbocycles. The molecule has 10 heavy (non-hydrogen) atoms. The van der Waals surface area contributed by atoms with Crippen molar-refractivity contribution in [3.8, 4) is 0 Å². The molecule has 0 aromatic heterocycles. The second-order valence-electron chi connectivity index (χ2n) is 2.76. The van der Waals surface area contributed by atoms with Gasteiger partial charge in [0.2, 0.25) is 0 Å². The van der Waals surface area contributed by atoms with Crippen LogP contribution in [0.25, 0.3) is 0 Å². The second kappa shape index (κ2) is 4.14. The van der Waals surface area contributed by atoms with E-state index in [9.17, 15) is 4.79 Å². The van der Waals surface area contributed by atoms with Crippen LogP contribution in [0.1, 0.15) is 32.1 Å². The molecule has 0 radical (unpaired) electrons. The molecule has 0 saturated heterocycles. The van der Waals surface area contributed by atoms with Gasteiger partial charge in [-0.25, -0.2) is 0 Å². The molecule has 0 aromatic rings. The summed E-state index contributed by atoms with van der Waals surface area (Å²) in [4.78, 5) is 10.9. The monoisotopic (exact) mass is 175 g/mol. The van der Waals surface area contributed by atoms with Crippen molar-refractivity contribution in [3.63, 3.8) is 0 Å². The first-order chi connectivity index (χ1) is 4.84. The third kappa shape index (κ3) is 2.10. The van der Waals surface area contributed by atoms with Crippen molar-refractivity contribution in [2.45, 2.75) is 32.1 Å². The summed E-state index contributed by atoms with van der Waals surface area (Å²) in [5.74, 6) is 0.193. The number of hydrogen-bond acceptors (Lipinski definition) is 2. The summed E-state index contributed by atoms with van der Waals surface area (Å²) in [6, 6.07) is 0. The Morgan fingerprint density at radius 2 is 1.90 bits per heavy atom. The van der Waals surface area contributed by atoms with Crippen molar-refractivity contribution in [1.29, 1.82) is 0 Å². The Kier molecular flexibility index (Phi) is 3.43. The van der Waals surface area contributed by atoms with Gasteiger partial charge in [-0.2, -0.15) is 0 Å². The summed E-state index contributed by atoms with van der Waals surface area (Å²) in [6.07, 6.45) is 5.74. The van der Waals surface area contributed by atoms with Gasteiger partial charge >= 0.3 is 72.9 Å². The fourth-order valence-corrected chi connectivity index (χ4v) is 1.68. The Labute approximate surface area is 73.2 Å². The van der Waals surface area contributed by atoms with E-state index >= 15 is 0 Å². The quantitative estimate of drug-likeness (QED) is 0.565. The van der Waals surface area contributed by atoms with Crippen LogP contribution in [0.4, 0.5) is 0 Å². The van der Waals surface area contributed by atoms with Gasteiger partial charge < -0.3 is 0 Å². The topological polar surface area (TPSA) is 26.3 Å². The molecular weight excluding hydrogens is 164 g/mol. The zero-order chi connectivity index (χ0) is 7.40. The van der Waals surface area contributed by atoms with Crippen LogP contribution in [0.3, 0.4) is 0 Å². The van der Waals surface area contributed by atoms with Gasteiger partial charge in [0.05, 0.1) is 0 Å². The number of hydrogen-bond donors (Lipinski definition) is 0. The standard InChI is InChI=1S/C7H12O2.Ti/c8-7(9)6-4-2-1-3-5-6;/h6H,1-5H2,(H,8,9);/q;+1/p-1. The molecule has 3 heteroatoms. The van der Waals surface area contributed by atoms with Crippen LogP contribution in [0, 0.1) is 5.92 Å². The van der Waals surface area contributed by atoms with Crippen molar-refractivity contribution in [1.82, 2.24) is 0 Å². The van der Waals surface area contributed by atoms with E-state index in [1.54, 1.807) is 0 Å². The van der Waals surface area contributed by atoms with Gasteiger partial charge in [0.25, 0.3) is 0 Å². The van der Waals surface area contributed by atoms with Crippen molar-refractivity contribution >= 4 is 5.97 Å². The molecule has 1 aliphatic rings. The molecule has 1 fully saturated rings. The second-order valence-corrected chi connectivity index (χ2v) is 3.07. The predicted molar refractivity (Wildman–Crippen MR) is 32.7 cm³/mol. The summed E-state index contributed by atoms with van der Waals surface area (Å²) in [7, 11) is 0. The summed E-state index contributed by atoms with van der Waals surface area (Å²) in [6.45, 7) is 0. The average Bonchev–Trinajstić information content (AvgIpc) is 2.05. The number of carbonyl (C=O) groups excluding carboxylic acids is 1. The van der Waals surface area contributed by atoms with Crippen LogP contribution in [-0.2, 0) is 28.9 Å². The average molecular weight is 175 g/mol. The third-order valence-corrected chi connectivity index (χ3v) is 2.35. The Balaban J connectivity index is 2.31. The van der Waals surface area contributed by atoms with E-state index in [0.717, 1.165) is 12.8 Å². The molecule has 1 rings (SSSR count). The number of rotatable bonds is 1. The van der Waals surface area contributed by atoms with E-state index < -0.39 is 0 Å². The molecule has 0 bridgehead atoms. The number of carbonyl (C=O) groups is 1. The first-order valence-corrected chi connectivity index (χ1v) is 4.36. The summed E-state index contributed by atoms with van der Waals surface area (Å²) >= 11 is 1.47. The van der Waals surface area contributed by atoms with Gasteiger partial charge in [-0.15, -0.1) is 0 Å². The molecule has 0 aliphatic heterocycles. The van der Waals surface area contributed by atoms with E-state index in [-0.39, 0.29) is 11.9 Å². The maximum absolute atomic E-state index is 10.9. The van der Waals surface area contributed by atoms with Gasteiger partial charge in [0, 0.05) is 0 Å². The molecule has 55 valence electrons. The van der Waals surface area contributed by atoms with Crippen LogP contribution >= 0.6 is 0 Å². The van der Waals surface area contributed by atoms with Crippen LogP contribution in [-0.4, -0.2) is 5.97 Å². The van der Waals surface area contributed by atoms with Gasteiger partial charge in [0.1, 0.15) is 0 Å². The molecule has 0 unspecified atom stereocenters. The molecular formula is C7H11O2Ti. The Hall–Kier alpha value is 0.184. The molecule has 0 atom stereocenters. The van der Waals surface area contributed by atoms with E-state index in [1.165, 1.54) is 40.1 Å². The minimum absolute atomic E-state index is 0.0142. The third-order valence-electron chi connectivity index (χ3n) is 2.04. The predicted octanol–water partition coefficient (Wildman–Crippen LogP) is 1.57. The van der Waals surface area contributed by atoms with Gasteiger partial charge in [-0.3, -0.25) is 0 Å². The van der Waals surface area contributed by atoms with Crippen molar-refractivity contribution in [2.75, 3.05) is 0 Å². The van der Waals surface area contributed by atoms with E-state index in [4.69, 9.17) is 0 Å². The molecule has 0 N–H and O–H groups in total. The van der Waals surface area contributed by atoms with E-state index in [1.807, 2.05) is 0 Å². The summed E-state index contributed by atoms with van der Waals surface area (Å²) < 4.78 is 4.65.